The van der Waals surface area contributed by atoms with Crippen molar-refractivity contribution in [2.24, 2.45) is 5.29 Å². The van der Waals surface area contributed by atoms with Gasteiger partial charge in [-0.25, -0.2) is 0 Å². The van der Waals surface area contributed by atoms with Crippen molar-refractivity contribution in [2.45, 2.75) is 0 Å². The van der Waals surface area contributed by atoms with E-state index in [2.05, 4.69) is 0 Å². The molecule has 0 amide bonds. The summed E-state index contributed by atoms with van der Waals surface area (Å²) in [7, 11) is 0. The third-order valence-electron chi connectivity index (χ3n) is 0.0816. The van der Waals surface area contributed by atoms with Crippen molar-refractivity contribution >= 4 is 0 Å². The average Bonchev–Trinajstić information content (AvgIpc) is 1.56. The second kappa shape index (κ2) is 1.69. The Kier molecular flexibility index (Phi) is 0.195. The molecule has 0 aromatic heterocycles. The first kappa shape index (κ1) is 0.576. The molecule has 0 aliphatic rings. The summed E-state index contributed by atoms with van der Waals surface area (Å²) in [5, 5.41) is 1.46. The first-order valence-corrected chi connectivity index (χ1v) is 0.830. The van der Waals surface area contributed by atoms with Crippen LogP contribution in [0.5, 0.6) is 0 Å². The molecule has 0 aliphatic heterocycles. The zero-order valence-electron chi connectivity index (χ0n) is 8.30. The fourth-order valence-electron chi connectivity index (χ4n) is 0. The summed E-state index contributed by atoms with van der Waals surface area (Å²) in [5.74, 6) is 0. The Balaban J connectivity index is 4.56. The summed E-state index contributed by atoms with van der Waals surface area (Å²) in [6.07, 6.45) is 0. The molecule has 3 nitrogen and oxygen atoms in total. The number of hydrogen-bond acceptors (Lipinski definition) is 2. The van der Waals surface area contributed by atoms with Crippen LogP contribution in [-0.2, 0) is 0 Å². The van der Waals surface area contributed by atoms with Gasteiger partial charge in [-0.3, -0.25) is 5.01 Å². The summed E-state index contributed by atoms with van der Waals surface area (Å²) in [6, 6.07) is 0. The van der Waals surface area contributed by atoms with Crippen LogP contribution in [0.1, 0.15) is 8.22 Å². The van der Waals surface area contributed by atoms with Crippen LogP contribution in [0.25, 0.3) is 0 Å². The standard InChI is InChI=1S/C2H6N2O/c1-4(2)3-5/h1-2H3/i1D3,2D3. The highest BCUT2D eigenvalue weighted by atomic mass is 16.3. The normalized spacial score (nSPS) is 29.6. The van der Waals surface area contributed by atoms with Crippen LogP contribution in [0, 0.1) is 4.91 Å². The third-order valence-corrected chi connectivity index (χ3v) is 0.0816. The van der Waals surface area contributed by atoms with Crippen LogP contribution in [0.15, 0.2) is 5.29 Å². The SMILES string of the molecule is [2H]C([2H])([2H])N(N=O)C([2H])([2H])[2H]. The van der Waals surface area contributed by atoms with Crippen LogP contribution in [-0.4, -0.2) is 19.0 Å². The van der Waals surface area contributed by atoms with Gasteiger partial charge in [0.2, 0.25) is 0 Å². The lowest BCUT2D eigenvalue weighted by molar-refractivity contribution is 0.431. The number of hydrogen-bond donors (Lipinski definition) is 0. The van der Waals surface area contributed by atoms with E-state index in [0.717, 1.165) is 0 Å². The molecule has 0 aliphatic carbocycles. The van der Waals surface area contributed by atoms with Gasteiger partial charge < -0.3 is 0 Å². The molecule has 0 bridgehead atoms. The lowest BCUT2D eigenvalue weighted by atomic mass is 11.2. The fourth-order valence-corrected chi connectivity index (χ4v) is 0. The highest BCUT2D eigenvalue weighted by Gasteiger charge is 1.68. The Bertz CT molecular complexity index is 134. The third kappa shape index (κ3) is 3.40. The molecule has 30 valence electrons. The average molecular weight is 80.1 g/mol. The first-order valence-electron chi connectivity index (χ1n) is 3.83. The molecule has 0 aromatic rings. The minimum atomic E-state index is -3.01. The maximum Gasteiger partial charge on any atom is 0.0518 e. The van der Waals surface area contributed by atoms with Crippen molar-refractivity contribution in [3.63, 3.8) is 0 Å². The fraction of sp³-hybridized carbons (Fsp3) is 1.00. The van der Waals surface area contributed by atoms with Crippen LogP contribution in [0.4, 0.5) is 0 Å². The summed E-state index contributed by atoms with van der Waals surface area (Å²) in [5.41, 5.74) is 0. The number of nitroso groups, excluding NO2 is 1. The van der Waals surface area contributed by atoms with E-state index < -0.39 is 19.0 Å². The predicted molar refractivity (Wildman–Crippen MR) is 19.5 cm³/mol. The molecular formula is C2H6N2O. The molecule has 0 aromatic carbocycles. The molecule has 0 rings (SSSR count). The highest BCUT2D eigenvalue weighted by Crippen LogP contribution is 1.64. The number of nitrogens with zero attached hydrogens (tertiary/aromatic N) is 2. The lowest BCUT2D eigenvalue weighted by Gasteiger charge is -1.90. The van der Waals surface area contributed by atoms with E-state index in [1.165, 1.54) is 0 Å². The largest absolute Gasteiger partial charge is 0.267 e. The van der Waals surface area contributed by atoms with Crippen molar-refractivity contribution in [2.75, 3.05) is 14.0 Å². The molecule has 0 atom stereocenters. The lowest BCUT2D eigenvalue weighted by Crippen LogP contribution is -1.97. The molecular weight excluding hydrogens is 68.0 g/mol. The van der Waals surface area contributed by atoms with Gasteiger partial charge in [-0.2, -0.15) is 0 Å². The second-order valence-corrected chi connectivity index (χ2v) is 0.393. The Morgan fingerprint density at radius 3 is 2.60 bits per heavy atom. The summed E-state index contributed by atoms with van der Waals surface area (Å²) in [4.78, 5) is 9.75. The maximum absolute atomic E-state index is 9.75. The molecule has 0 saturated heterocycles. The summed E-state index contributed by atoms with van der Waals surface area (Å²) in [6.45, 7) is -6.01. The van der Waals surface area contributed by atoms with Gasteiger partial charge in [0.25, 0.3) is 0 Å². The molecule has 0 saturated carbocycles. The zero-order chi connectivity index (χ0) is 9.28. The van der Waals surface area contributed by atoms with E-state index in [0.29, 0.717) is 0 Å². The Morgan fingerprint density at radius 2 is 2.60 bits per heavy atom. The van der Waals surface area contributed by atoms with Crippen molar-refractivity contribution in [1.82, 2.24) is 5.01 Å². The van der Waals surface area contributed by atoms with Gasteiger partial charge in [0.15, 0.2) is 0 Å². The minimum Gasteiger partial charge on any atom is -0.267 e. The second-order valence-electron chi connectivity index (χ2n) is 0.393. The molecule has 0 radical (unpaired) electrons. The zero-order valence-corrected chi connectivity index (χ0v) is 2.30. The molecule has 5 heavy (non-hydrogen) atoms. The van der Waals surface area contributed by atoms with Gasteiger partial charge in [0.05, 0.1) is 5.29 Å². The van der Waals surface area contributed by atoms with Crippen LogP contribution in [0.3, 0.4) is 0 Å². The van der Waals surface area contributed by atoms with Crippen molar-refractivity contribution < 1.29 is 8.22 Å². The van der Waals surface area contributed by atoms with Crippen molar-refractivity contribution in [3.05, 3.63) is 4.91 Å². The van der Waals surface area contributed by atoms with Crippen LogP contribution >= 0.6 is 0 Å². The molecule has 0 spiro atoms. The Morgan fingerprint density at radius 1 is 2.00 bits per heavy atom. The van der Waals surface area contributed by atoms with E-state index in [1.807, 2.05) is 5.29 Å². The smallest absolute Gasteiger partial charge is 0.0518 e. The van der Waals surface area contributed by atoms with Gasteiger partial charge in [0.1, 0.15) is 0 Å². The molecule has 3 heteroatoms. The molecule has 0 heterocycles. The van der Waals surface area contributed by atoms with Gasteiger partial charge in [-0.1, -0.05) is 0 Å². The van der Waals surface area contributed by atoms with Crippen molar-refractivity contribution in [1.29, 1.82) is 0 Å². The summed E-state index contributed by atoms with van der Waals surface area (Å²) < 4.78 is 39.3. The minimum absolute atomic E-state index is 0.431. The van der Waals surface area contributed by atoms with Gasteiger partial charge in [0, 0.05) is 22.2 Å². The van der Waals surface area contributed by atoms with Crippen molar-refractivity contribution in [3.8, 4) is 0 Å². The van der Waals surface area contributed by atoms with E-state index >= 15 is 0 Å². The van der Waals surface area contributed by atoms with E-state index in [1.54, 1.807) is 0 Å². The molecule has 0 unspecified atom stereocenters. The Labute approximate surface area is 39.0 Å². The van der Waals surface area contributed by atoms with Gasteiger partial charge >= 0.3 is 0 Å². The van der Waals surface area contributed by atoms with Gasteiger partial charge in [-0.05, 0) is 0 Å². The molecule has 0 N–H and O–H groups in total. The van der Waals surface area contributed by atoms with Crippen LogP contribution in [0.2, 0.25) is 0 Å². The monoisotopic (exact) mass is 80.1 g/mol. The summed E-state index contributed by atoms with van der Waals surface area (Å²) >= 11 is 0. The van der Waals surface area contributed by atoms with Crippen LogP contribution < -0.4 is 0 Å². The van der Waals surface area contributed by atoms with E-state index in [9.17, 15) is 4.91 Å². The first-order chi connectivity index (χ1) is 4.69. The Hall–Kier alpha value is -0.600. The molecule has 0 fully saturated rings. The van der Waals surface area contributed by atoms with E-state index in [-0.39, 0.29) is 0 Å². The maximum atomic E-state index is 9.75. The number of rotatable bonds is 1. The quantitative estimate of drug-likeness (QED) is 0.333. The predicted octanol–water partition coefficient (Wildman–Crippen LogP) is 0.229. The highest BCUT2D eigenvalue weighted by molar-refractivity contribution is 4.16. The van der Waals surface area contributed by atoms with E-state index in [4.69, 9.17) is 8.22 Å². The van der Waals surface area contributed by atoms with Gasteiger partial charge in [-0.15, -0.1) is 4.91 Å². The topological polar surface area (TPSA) is 32.7 Å².